The van der Waals surface area contributed by atoms with Gasteiger partial charge in [-0.15, -0.1) is 11.8 Å². The summed E-state index contributed by atoms with van der Waals surface area (Å²) in [6.45, 7) is 0. The minimum absolute atomic E-state index is 0.162. The zero-order chi connectivity index (χ0) is 22.9. The molecule has 3 N–H and O–H groups in total. The number of halogens is 3. The Hall–Kier alpha value is -2.28. The summed E-state index contributed by atoms with van der Waals surface area (Å²) in [6, 6.07) is 14.2. The number of amides is 2. The molecule has 0 aliphatic carbocycles. The van der Waals surface area contributed by atoms with Gasteiger partial charge < -0.3 is 15.5 Å². The van der Waals surface area contributed by atoms with Crippen LogP contribution >= 0.6 is 35.7 Å². The van der Waals surface area contributed by atoms with E-state index < -0.39 is 34.6 Å². The number of anilines is 2. The van der Waals surface area contributed by atoms with Gasteiger partial charge in [0.05, 0.1) is 17.0 Å². The third kappa shape index (κ3) is 4.87. The van der Waals surface area contributed by atoms with Gasteiger partial charge in [-0.25, -0.2) is 0 Å². The zero-order valence-corrected chi connectivity index (χ0v) is 18.7. The molecule has 2 aromatic carbocycles. The molecule has 6 nitrogen and oxygen atoms in total. The molecule has 3 atom stereocenters. The number of hydrogen-bond acceptors (Lipinski definition) is 6. The fourth-order valence-electron chi connectivity index (χ4n) is 3.37. The number of nitrogens with one attached hydrogen (secondary N) is 3. The topological polar surface area (TPSA) is 73.5 Å². The van der Waals surface area contributed by atoms with E-state index in [0.29, 0.717) is 4.32 Å². The number of para-hydroxylation sites is 2. The lowest BCUT2D eigenvalue weighted by molar-refractivity contribution is -0.137. The lowest BCUT2D eigenvalue weighted by Gasteiger charge is -2.36. The SMILES string of the molecule is O=C(CSC1NC(=O)C2SC(=S)N(c3ccccc3)C2N1)Nc1ccccc1C(F)(F)F. The van der Waals surface area contributed by atoms with Crippen molar-refractivity contribution in [2.75, 3.05) is 16.0 Å². The van der Waals surface area contributed by atoms with E-state index in [2.05, 4.69) is 16.0 Å². The van der Waals surface area contributed by atoms with E-state index in [1.54, 1.807) is 0 Å². The molecule has 4 rings (SSSR count). The number of rotatable bonds is 5. The van der Waals surface area contributed by atoms with Crippen LogP contribution in [0.3, 0.4) is 0 Å². The van der Waals surface area contributed by atoms with Crippen LogP contribution < -0.4 is 20.9 Å². The summed E-state index contributed by atoms with van der Waals surface area (Å²) in [7, 11) is 0. The van der Waals surface area contributed by atoms with Crippen molar-refractivity contribution in [2.24, 2.45) is 0 Å². The van der Waals surface area contributed by atoms with Crippen molar-refractivity contribution < 1.29 is 22.8 Å². The third-order valence-corrected chi connectivity index (χ3v) is 7.39. The maximum Gasteiger partial charge on any atom is 0.418 e. The van der Waals surface area contributed by atoms with Gasteiger partial charge in [-0.3, -0.25) is 14.9 Å². The summed E-state index contributed by atoms with van der Waals surface area (Å²) < 4.78 is 39.9. The first-order valence-corrected chi connectivity index (χ1v) is 11.8. The van der Waals surface area contributed by atoms with Crippen molar-refractivity contribution in [1.82, 2.24) is 10.6 Å². The monoisotopic (exact) mass is 498 g/mol. The maximum atomic E-state index is 13.1. The highest BCUT2D eigenvalue weighted by atomic mass is 32.2. The zero-order valence-electron chi connectivity index (χ0n) is 16.3. The quantitative estimate of drug-likeness (QED) is 0.544. The van der Waals surface area contributed by atoms with E-state index in [1.165, 1.54) is 30.0 Å². The Morgan fingerprint density at radius 2 is 1.84 bits per heavy atom. The van der Waals surface area contributed by atoms with Crippen molar-refractivity contribution in [3.05, 3.63) is 60.2 Å². The number of thiocarbonyl (C=S) groups is 1. The van der Waals surface area contributed by atoms with Crippen molar-refractivity contribution in [3.8, 4) is 0 Å². The van der Waals surface area contributed by atoms with Gasteiger partial charge in [0.15, 0.2) is 0 Å². The minimum atomic E-state index is -4.58. The number of carbonyl (C=O) groups excluding carboxylic acids is 2. The number of fused-ring (bicyclic) bond motifs is 1. The Kier molecular flexibility index (Phi) is 6.65. The number of carbonyl (C=O) groups is 2. The smallest absolute Gasteiger partial charge is 0.331 e. The van der Waals surface area contributed by atoms with E-state index >= 15 is 0 Å². The summed E-state index contributed by atoms with van der Waals surface area (Å²) in [4.78, 5) is 26.8. The van der Waals surface area contributed by atoms with Gasteiger partial charge >= 0.3 is 6.18 Å². The molecule has 2 saturated heterocycles. The summed E-state index contributed by atoms with van der Waals surface area (Å²) in [6.07, 6.45) is -4.99. The second kappa shape index (κ2) is 9.30. The molecule has 2 aliphatic rings. The van der Waals surface area contributed by atoms with Crippen LogP contribution in [0.4, 0.5) is 24.5 Å². The molecule has 0 aromatic heterocycles. The molecule has 2 aromatic rings. The molecule has 0 saturated carbocycles. The van der Waals surface area contributed by atoms with Crippen LogP contribution in [0.2, 0.25) is 0 Å². The Balaban J connectivity index is 1.40. The molecule has 168 valence electrons. The van der Waals surface area contributed by atoms with Crippen LogP contribution in [0.15, 0.2) is 54.6 Å². The first-order chi connectivity index (χ1) is 15.2. The van der Waals surface area contributed by atoms with Crippen LogP contribution in [0, 0.1) is 0 Å². The van der Waals surface area contributed by atoms with Crippen molar-refractivity contribution >= 4 is 63.3 Å². The van der Waals surface area contributed by atoms with Crippen molar-refractivity contribution in [1.29, 1.82) is 0 Å². The fourth-order valence-corrected chi connectivity index (χ4v) is 5.78. The van der Waals surface area contributed by atoms with Gasteiger partial charge in [-0.05, 0) is 24.3 Å². The average molecular weight is 499 g/mol. The molecule has 0 radical (unpaired) electrons. The highest BCUT2D eigenvalue weighted by Crippen LogP contribution is 2.37. The van der Waals surface area contributed by atoms with E-state index in [1.807, 2.05) is 35.2 Å². The molecule has 0 spiro atoms. The van der Waals surface area contributed by atoms with Gasteiger partial charge in [-0.2, -0.15) is 13.2 Å². The Bertz CT molecular complexity index is 1040. The molecule has 0 bridgehead atoms. The summed E-state index contributed by atoms with van der Waals surface area (Å²) in [5.74, 6) is -0.995. The Labute approximate surface area is 195 Å². The molecule has 12 heteroatoms. The van der Waals surface area contributed by atoms with E-state index in [-0.39, 0.29) is 17.3 Å². The minimum Gasteiger partial charge on any atom is -0.331 e. The van der Waals surface area contributed by atoms with E-state index in [9.17, 15) is 22.8 Å². The van der Waals surface area contributed by atoms with Gasteiger partial charge in [0.2, 0.25) is 11.8 Å². The molecule has 2 fully saturated rings. The maximum absolute atomic E-state index is 13.1. The number of alkyl halides is 3. The van der Waals surface area contributed by atoms with Gasteiger partial charge in [0.25, 0.3) is 0 Å². The molecular formula is C20H17F3N4O2S3. The first-order valence-electron chi connectivity index (χ1n) is 9.43. The predicted molar refractivity (Wildman–Crippen MR) is 124 cm³/mol. The van der Waals surface area contributed by atoms with E-state index in [0.717, 1.165) is 23.5 Å². The van der Waals surface area contributed by atoms with Gasteiger partial charge in [0, 0.05) is 5.69 Å². The predicted octanol–water partition coefficient (Wildman–Crippen LogP) is 3.61. The van der Waals surface area contributed by atoms with Crippen molar-refractivity contribution in [3.63, 3.8) is 0 Å². The standard InChI is InChI=1S/C20H17F3N4O2S3/c21-20(22,23)12-8-4-5-9-13(12)24-14(28)10-31-18-25-16-15(17(29)26-18)32-19(30)27(16)11-6-2-1-3-7-11/h1-9,15-16,18,25H,10H2,(H,24,28)(H,26,29). The molecule has 2 aliphatic heterocycles. The lowest BCUT2D eigenvalue weighted by atomic mass is 10.1. The average Bonchev–Trinajstić information content (AvgIpc) is 3.09. The van der Waals surface area contributed by atoms with E-state index in [4.69, 9.17) is 12.2 Å². The van der Waals surface area contributed by atoms with Crippen LogP contribution in [0.25, 0.3) is 0 Å². The molecule has 2 amide bonds. The second-order valence-corrected chi connectivity index (χ2v) is 9.78. The number of hydrogen-bond donors (Lipinski definition) is 3. The number of thioether (sulfide) groups is 2. The number of benzene rings is 2. The van der Waals surface area contributed by atoms with Gasteiger partial charge in [0.1, 0.15) is 21.2 Å². The Morgan fingerprint density at radius 3 is 2.56 bits per heavy atom. The van der Waals surface area contributed by atoms with Crippen LogP contribution in [-0.2, 0) is 15.8 Å². The van der Waals surface area contributed by atoms with Crippen LogP contribution in [-0.4, -0.2) is 38.8 Å². The van der Waals surface area contributed by atoms with Crippen molar-refractivity contribution in [2.45, 2.75) is 23.1 Å². The molecule has 3 unspecified atom stereocenters. The first kappa shape index (κ1) is 22.9. The molecule has 2 heterocycles. The van der Waals surface area contributed by atoms with Crippen LogP contribution in [0.5, 0.6) is 0 Å². The second-order valence-electron chi connectivity index (χ2n) is 6.91. The summed E-state index contributed by atoms with van der Waals surface area (Å²) >= 11 is 7.81. The normalized spacial score (nSPS) is 23.0. The number of nitrogens with zero attached hydrogens (tertiary/aromatic N) is 1. The Morgan fingerprint density at radius 1 is 1.16 bits per heavy atom. The third-order valence-electron chi connectivity index (χ3n) is 4.77. The molecule has 32 heavy (non-hydrogen) atoms. The summed E-state index contributed by atoms with van der Waals surface area (Å²) in [5.41, 5.74) is -0.996. The fraction of sp³-hybridized carbons (Fsp3) is 0.250. The largest absolute Gasteiger partial charge is 0.418 e. The summed E-state index contributed by atoms with van der Waals surface area (Å²) in [5, 5.41) is 7.90. The molecular weight excluding hydrogens is 481 g/mol. The van der Waals surface area contributed by atoms with Gasteiger partial charge in [-0.1, -0.05) is 54.3 Å². The lowest BCUT2D eigenvalue weighted by Crippen LogP contribution is -2.64. The highest BCUT2D eigenvalue weighted by molar-refractivity contribution is 8.24. The van der Waals surface area contributed by atoms with Crippen LogP contribution in [0.1, 0.15) is 5.56 Å². The highest BCUT2D eigenvalue weighted by Gasteiger charge is 2.47.